The van der Waals surface area contributed by atoms with Gasteiger partial charge in [-0.05, 0) is 157 Å². The Morgan fingerprint density at radius 2 is 0.886 bits per heavy atom. The van der Waals surface area contributed by atoms with Crippen molar-refractivity contribution in [3.05, 3.63) is 81.4 Å². The molecule has 2 aliphatic carbocycles. The van der Waals surface area contributed by atoms with Crippen LogP contribution in [0, 0.1) is 47.1 Å². The van der Waals surface area contributed by atoms with Crippen molar-refractivity contribution >= 4 is 37.8 Å². The van der Waals surface area contributed by atoms with Gasteiger partial charge in [-0.25, -0.2) is 8.78 Å². The second-order valence-corrected chi connectivity index (χ2v) is 25.4. The Morgan fingerprint density at radius 1 is 0.586 bits per heavy atom. The Hall–Kier alpha value is -1.79. The Kier molecular flexibility index (Phi) is 26.7. The molecular formula is C54H82F2Li2O10P2. The predicted molar refractivity (Wildman–Crippen MR) is 266 cm³/mol. The third-order valence-corrected chi connectivity index (χ3v) is 20.3. The van der Waals surface area contributed by atoms with E-state index in [1.807, 2.05) is 24.3 Å². The predicted octanol–water partition coefficient (Wildman–Crippen LogP) is 4.92. The van der Waals surface area contributed by atoms with Crippen molar-refractivity contribution in [2.24, 2.45) is 21.7 Å². The fourth-order valence-electron chi connectivity index (χ4n) is 11.7. The SMILES string of the molecule is CCC1(CC)CC(c2ccc(F)c(C)c2)=C(CCP(=O)(O)C[C@@H](O)CC(=O)[O-])C(CC)(CC)C1.CCC1(CC)CC(c2ccc(F)c(C)c2)=C(CCP(=O)(O)C[C@@H](O)CC(=O)[O-])C(CC)(CC)C1.[Li+].[Li+]. The summed E-state index contributed by atoms with van der Waals surface area (Å²) in [4.78, 5) is 42.7. The molecule has 16 heteroatoms. The first-order valence-corrected chi connectivity index (χ1v) is 29.1. The van der Waals surface area contributed by atoms with Crippen LogP contribution in [-0.4, -0.2) is 68.8 Å². The number of halogens is 2. The molecule has 384 valence electrons. The number of hydrogen-bond acceptors (Lipinski definition) is 8. The van der Waals surface area contributed by atoms with Crippen molar-refractivity contribution in [2.45, 2.75) is 184 Å². The Balaban J connectivity index is 0.000000681. The molecule has 10 nitrogen and oxygen atoms in total. The van der Waals surface area contributed by atoms with E-state index in [1.54, 1.807) is 13.8 Å². The largest absolute Gasteiger partial charge is 1.00 e. The topological polar surface area (TPSA) is 195 Å². The first-order chi connectivity index (χ1) is 31.7. The van der Waals surface area contributed by atoms with Crippen molar-refractivity contribution < 1.29 is 95.4 Å². The van der Waals surface area contributed by atoms with Crippen LogP contribution in [0.4, 0.5) is 8.78 Å². The fraction of sp³-hybridized carbons (Fsp3) is 0.667. The standard InChI is InChI=1S/2C27H42FO5P.2Li/c2*1-6-26(7-2)16-22(20-10-11-24(28)19(5)14-20)23(27(8-3,9-4)18-26)12-13-34(32,33)17-21(29)15-25(30)31;;/h2*10-11,14,21,29H,6-9,12-13,15-18H2,1-5H3,(H,30,31)(H,32,33);;/q;;2*+1/p-2/t2*21-;;/m00../s1. The summed E-state index contributed by atoms with van der Waals surface area (Å²) in [5.41, 5.74) is 7.66. The molecule has 2 aromatic carbocycles. The summed E-state index contributed by atoms with van der Waals surface area (Å²) in [6.45, 7) is 21.1. The van der Waals surface area contributed by atoms with Gasteiger partial charge in [-0.15, -0.1) is 0 Å². The zero-order valence-corrected chi connectivity index (χ0v) is 46.4. The number of aliphatic hydroxyl groups is 2. The summed E-state index contributed by atoms with van der Waals surface area (Å²) in [5.74, 6) is -3.39. The van der Waals surface area contributed by atoms with E-state index in [4.69, 9.17) is 0 Å². The average molecular weight is 1010 g/mol. The zero-order chi connectivity index (χ0) is 51.5. The quantitative estimate of drug-likeness (QED) is 0.0829. The van der Waals surface area contributed by atoms with E-state index in [2.05, 4.69) is 55.4 Å². The molecule has 0 saturated heterocycles. The van der Waals surface area contributed by atoms with Gasteiger partial charge in [-0.3, -0.25) is 9.13 Å². The summed E-state index contributed by atoms with van der Waals surface area (Å²) >= 11 is 0. The van der Waals surface area contributed by atoms with E-state index in [0.29, 0.717) is 24.0 Å². The average Bonchev–Trinajstić information content (AvgIpc) is 3.28. The molecule has 0 spiro atoms. The molecular weight excluding hydrogens is 922 g/mol. The number of allylic oxidation sites excluding steroid dienone is 4. The number of carbonyl (C=O) groups excluding carboxylic acids is 2. The van der Waals surface area contributed by atoms with Crippen molar-refractivity contribution in [1.82, 2.24) is 0 Å². The van der Waals surface area contributed by atoms with Crippen molar-refractivity contribution in [3.63, 3.8) is 0 Å². The van der Waals surface area contributed by atoms with Gasteiger partial charge in [0.1, 0.15) is 11.6 Å². The van der Waals surface area contributed by atoms with E-state index < -0.39 is 64.0 Å². The molecule has 4 N–H and O–H groups in total. The molecule has 0 amide bonds. The normalized spacial score (nSPS) is 19.5. The number of hydrogen-bond donors (Lipinski definition) is 4. The van der Waals surface area contributed by atoms with Gasteiger partial charge in [0.15, 0.2) is 0 Å². The van der Waals surface area contributed by atoms with Gasteiger partial charge in [0.2, 0.25) is 14.7 Å². The smallest absolute Gasteiger partial charge is 0.550 e. The molecule has 4 atom stereocenters. The molecule has 0 aromatic heterocycles. The minimum atomic E-state index is -3.77. The van der Waals surface area contributed by atoms with Gasteiger partial charge in [0, 0.05) is 37.1 Å². The van der Waals surface area contributed by atoms with Gasteiger partial charge in [-0.1, -0.05) is 104 Å². The third kappa shape index (κ3) is 17.1. The molecule has 2 aromatic rings. The molecule has 0 aliphatic heterocycles. The van der Waals surface area contributed by atoms with E-state index in [0.717, 1.165) is 110 Å². The number of benzene rings is 2. The van der Waals surface area contributed by atoms with Crippen LogP contribution in [0.25, 0.3) is 11.1 Å². The molecule has 0 heterocycles. The summed E-state index contributed by atoms with van der Waals surface area (Å²) in [7, 11) is -7.53. The van der Waals surface area contributed by atoms with Crippen LogP contribution in [0.2, 0.25) is 0 Å². The van der Waals surface area contributed by atoms with Crippen LogP contribution in [0.5, 0.6) is 0 Å². The molecule has 2 unspecified atom stereocenters. The second kappa shape index (κ2) is 28.2. The Labute approximate surface area is 442 Å². The molecule has 2 aliphatic rings. The second-order valence-electron chi connectivity index (χ2n) is 20.4. The van der Waals surface area contributed by atoms with Gasteiger partial charge >= 0.3 is 37.7 Å². The fourth-order valence-corrected chi connectivity index (χ4v) is 14.8. The van der Waals surface area contributed by atoms with Crippen LogP contribution in [0.3, 0.4) is 0 Å². The zero-order valence-electron chi connectivity index (χ0n) is 44.6. The minimum absolute atomic E-state index is 0. The maximum absolute atomic E-state index is 14.1. The van der Waals surface area contributed by atoms with Crippen molar-refractivity contribution in [1.29, 1.82) is 0 Å². The number of carboxylic acids is 2. The van der Waals surface area contributed by atoms with E-state index >= 15 is 0 Å². The van der Waals surface area contributed by atoms with Crippen LogP contribution in [0.15, 0.2) is 47.5 Å². The van der Waals surface area contributed by atoms with Crippen LogP contribution in [-0.2, 0) is 18.7 Å². The van der Waals surface area contributed by atoms with Crippen LogP contribution < -0.4 is 47.9 Å². The number of carbonyl (C=O) groups is 2. The van der Waals surface area contributed by atoms with Gasteiger partial charge in [0.25, 0.3) is 0 Å². The number of aryl methyl sites for hydroxylation is 2. The van der Waals surface area contributed by atoms with Crippen molar-refractivity contribution in [3.8, 4) is 0 Å². The number of carboxylic acid groups (broad SMARTS) is 2. The van der Waals surface area contributed by atoms with Crippen LogP contribution >= 0.6 is 14.7 Å². The van der Waals surface area contributed by atoms with Gasteiger partial charge < -0.3 is 39.8 Å². The molecule has 0 saturated carbocycles. The van der Waals surface area contributed by atoms with E-state index in [1.165, 1.54) is 12.1 Å². The van der Waals surface area contributed by atoms with Gasteiger partial charge in [-0.2, -0.15) is 0 Å². The maximum Gasteiger partial charge on any atom is 1.00 e. The Morgan fingerprint density at radius 3 is 1.13 bits per heavy atom. The van der Waals surface area contributed by atoms with E-state index in [-0.39, 0.29) is 83.3 Å². The minimum Gasteiger partial charge on any atom is -0.550 e. The monoisotopic (exact) mass is 1000 g/mol. The number of aliphatic carboxylic acids is 2. The molecule has 70 heavy (non-hydrogen) atoms. The number of rotatable bonds is 24. The number of aliphatic hydroxyl groups excluding tert-OH is 2. The Bertz CT molecular complexity index is 2060. The molecule has 0 bridgehead atoms. The van der Waals surface area contributed by atoms with Crippen LogP contribution in [0.1, 0.15) is 180 Å². The molecule has 0 fully saturated rings. The summed E-state index contributed by atoms with van der Waals surface area (Å²) in [6, 6.07) is 10.4. The van der Waals surface area contributed by atoms with Gasteiger partial charge in [0.05, 0.1) is 24.5 Å². The maximum atomic E-state index is 14.1. The molecule has 4 rings (SSSR count). The first kappa shape index (κ1) is 66.2. The summed E-state index contributed by atoms with van der Waals surface area (Å²) < 4.78 is 54.0. The summed E-state index contributed by atoms with van der Waals surface area (Å²) in [6.07, 6.45) is 7.05. The molecule has 0 radical (unpaired) electrons. The first-order valence-electron chi connectivity index (χ1n) is 25.1. The third-order valence-electron chi connectivity index (χ3n) is 16.5. The summed E-state index contributed by atoms with van der Waals surface area (Å²) in [5, 5.41) is 41.3. The van der Waals surface area contributed by atoms with Crippen molar-refractivity contribution in [2.75, 3.05) is 24.6 Å². The van der Waals surface area contributed by atoms with E-state index in [9.17, 15) is 57.7 Å².